The first kappa shape index (κ1) is 20.7. The number of aromatic nitrogens is 1. The number of methoxy groups -OCH3 is 1. The van der Waals surface area contributed by atoms with Gasteiger partial charge in [-0.15, -0.1) is 0 Å². The zero-order chi connectivity index (χ0) is 20.6. The molecule has 1 aromatic heterocycles. The second kappa shape index (κ2) is 9.98. The van der Waals surface area contributed by atoms with Crippen LogP contribution in [0.25, 0.3) is 10.9 Å². The van der Waals surface area contributed by atoms with E-state index in [1.807, 2.05) is 55.4 Å². The molecule has 0 bridgehead atoms. The Morgan fingerprint density at radius 3 is 2.79 bits per heavy atom. The van der Waals surface area contributed by atoms with E-state index in [1.54, 1.807) is 7.11 Å². The number of H-pyrrole nitrogens is 1. The van der Waals surface area contributed by atoms with Crippen LogP contribution in [-0.4, -0.2) is 49.6 Å². The maximum Gasteiger partial charge on any atom is 0.234 e. The van der Waals surface area contributed by atoms with Crippen LogP contribution in [0.5, 0.6) is 11.5 Å². The van der Waals surface area contributed by atoms with E-state index in [0.29, 0.717) is 32.0 Å². The van der Waals surface area contributed by atoms with Gasteiger partial charge in [-0.2, -0.15) is 0 Å². The number of rotatable bonds is 10. The SMILES string of the molecule is CCOc1ccc(CN(C)CC(=O)NCCc2c[nH]c3ccccc23)cc1OC. The molecule has 2 N–H and O–H groups in total. The van der Waals surface area contributed by atoms with E-state index < -0.39 is 0 Å². The van der Waals surface area contributed by atoms with E-state index in [9.17, 15) is 4.79 Å². The van der Waals surface area contributed by atoms with Crippen molar-refractivity contribution in [2.75, 3.05) is 33.9 Å². The zero-order valence-corrected chi connectivity index (χ0v) is 17.3. The van der Waals surface area contributed by atoms with Gasteiger partial charge in [0.25, 0.3) is 0 Å². The predicted octanol–water partition coefficient (Wildman–Crippen LogP) is 3.37. The largest absolute Gasteiger partial charge is 0.493 e. The molecule has 0 saturated carbocycles. The lowest BCUT2D eigenvalue weighted by molar-refractivity contribution is -0.122. The summed E-state index contributed by atoms with van der Waals surface area (Å²) < 4.78 is 10.9. The van der Waals surface area contributed by atoms with Crippen molar-refractivity contribution in [3.05, 3.63) is 59.8 Å². The van der Waals surface area contributed by atoms with Gasteiger partial charge in [-0.05, 0) is 49.7 Å². The molecule has 0 aliphatic rings. The predicted molar refractivity (Wildman–Crippen MR) is 116 cm³/mol. The molecule has 0 aliphatic carbocycles. The molecular weight excluding hydrogens is 366 g/mol. The monoisotopic (exact) mass is 395 g/mol. The van der Waals surface area contributed by atoms with Crippen LogP contribution in [0.3, 0.4) is 0 Å². The smallest absolute Gasteiger partial charge is 0.234 e. The summed E-state index contributed by atoms with van der Waals surface area (Å²) in [5, 5.41) is 4.22. The molecule has 3 rings (SSSR count). The number of benzene rings is 2. The summed E-state index contributed by atoms with van der Waals surface area (Å²) in [5.41, 5.74) is 3.41. The molecule has 2 aromatic carbocycles. The Balaban J connectivity index is 1.46. The molecule has 1 amide bonds. The lowest BCUT2D eigenvalue weighted by Gasteiger charge is -2.17. The maximum atomic E-state index is 12.3. The van der Waals surface area contributed by atoms with Crippen molar-refractivity contribution >= 4 is 16.8 Å². The number of likely N-dealkylation sites (N-methyl/N-ethyl adjacent to an activating group) is 1. The summed E-state index contributed by atoms with van der Waals surface area (Å²) in [6.45, 7) is 4.14. The number of aromatic amines is 1. The molecule has 1 heterocycles. The highest BCUT2D eigenvalue weighted by molar-refractivity contribution is 5.83. The summed E-state index contributed by atoms with van der Waals surface area (Å²) in [6, 6.07) is 14.1. The van der Waals surface area contributed by atoms with Crippen molar-refractivity contribution in [1.82, 2.24) is 15.2 Å². The third-order valence-electron chi connectivity index (χ3n) is 4.79. The number of nitrogens with zero attached hydrogens (tertiary/aromatic N) is 1. The van der Waals surface area contributed by atoms with Gasteiger partial charge >= 0.3 is 0 Å². The van der Waals surface area contributed by atoms with Crippen LogP contribution in [0, 0.1) is 0 Å². The van der Waals surface area contributed by atoms with Crippen LogP contribution in [-0.2, 0) is 17.8 Å². The quantitative estimate of drug-likeness (QED) is 0.552. The van der Waals surface area contributed by atoms with Crippen molar-refractivity contribution in [3.63, 3.8) is 0 Å². The lowest BCUT2D eigenvalue weighted by atomic mass is 10.1. The number of ether oxygens (including phenoxy) is 2. The molecule has 0 saturated heterocycles. The van der Waals surface area contributed by atoms with Gasteiger partial charge in [0.2, 0.25) is 5.91 Å². The van der Waals surface area contributed by atoms with Crippen molar-refractivity contribution in [3.8, 4) is 11.5 Å². The topological polar surface area (TPSA) is 66.6 Å². The Morgan fingerprint density at radius 2 is 2.00 bits per heavy atom. The van der Waals surface area contributed by atoms with E-state index in [2.05, 4.69) is 22.4 Å². The molecule has 0 atom stereocenters. The first-order valence-corrected chi connectivity index (χ1v) is 9.90. The molecule has 29 heavy (non-hydrogen) atoms. The Bertz CT molecular complexity index is 951. The number of fused-ring (bicyclic) bond motifs is 1. The Hall–Kier alpha value is -2.99. The molecule has 0 radical (unpaired) electrons. The molecule has 6 nitrogen and oxygen atoms in total. The average Bonchev–Trinajstić information content (AvgIpc) is 3.12. The maximum absolute atomic E-state index is 12.3. The van der Waals surface area contributed by atoms with Crippen LogP contribution < -0.4 is 14.8 Å². The number of carbonyl (C=O) groups is 1. The molecule has 3 aromatic rings. The van der Waals surface area contributed by atoms with E-state index in [-0.39, 0.29) is 5.91 Å². The summed E-state index contributed by atoms with van der Waals surface area (Å²) in [5.74, 6) is 1.46. The minimum Gasteiger partial charge on any atom is -0.493 e. The fourth-order valence-electron chi connectivity index (χ4n) is 3.43. The Labute approximate surface area is 171 Å². The summed E-state index contributed by atoms with van der Waals surface area (Å²) >= 11 is 0. The lowest BCUT2D eigenvalue weighted by Crippen LogP contribution is -2.35. The first-order chi connectivity index (χ1) is 14.1. The van der Waals surface area contributed by atoms with Gasteiger partial charge in [-0.1, -0.05) is 24.3 Å². The van der Waals surface area contributed by atoms with Gasteiger partial charge in [0.15, 0.2) is 11.5 Å². The van der Waals surface area contributed by atoms with Crippen LogP contribution in [0.4, 0.5) is 0 Å². The van der Waals surface area contributed by atoms with Crippen molar-refractivity contribution < 1.29 is 14.3 Å². The number of nitrogens with one attached hydrogen (secondary N) is 2. The van der Waals surface area contributed by atoms with Crippen LogP contribution in [0.2, 0.25) is 0 Å². The first-order valence-electron chi connectivity index (χ1n) is 9.90. The summed E-state index contributed by atoms with van der Waals surface area (Å²) in [7, 11) is 3.56. The second-order valence-corrected chi connectivity index (χ2v) is 7.05. The van der Waals surface area contributed by atoms with Gasteiger partial charge in [0, 0.05) is 30.2 Å². The summed E-state index contributed by atoms with van der Waals surface area (Å²) in [4.78, 5) is 17.5. The third-order valence-corrected chi connectivity index (χ3v) is 4.79. The van der Waals surface area contributed by atoms with Gasteiger partial charge in [-0.3, -0.25) is 9.69 Å². The highest BCUT2D eigenvalue weighted by Crippen LogP contribution is 2.28. The van der Waals surface area contributed by atoms with Gasteiger partial charge in [-0.25, -0.2) is 0 Å². The van der Waals surface area contributed by atoms with Crippen molar-refractivity contribution in [1.29, 1.82) is 0 Å². The van der Waals surface area contributed by atoms with Crippen molar-refractivity contribution in [2.45, 2.75) is 19.9 Å². The van der Waals surface area contributed by atoms with E-state index >= 15 is 0 Å². The minimum atomic E-state index is 0.0187. The fourth-order valence-corrected chi connectivity index (χ4v) is 3.43. The highest BCUT2D eigenvalue weighted by Gasteiger charge is 2.10. The van der Waals surface area contributed by atoms with Crippen LogP contribution >= 0.6 is 0 Å². The van der Waals surface area contributed by atoms with Crippen LogP contribution in [0.15, 0.2) is 48.7 Å². The number of carbonyl (C=O) groups excluding carboxylic acids is 1. The minimum absolute atomic E-state index is 0.0187. The molecule has 0 spiro atoms. The number of hydrogen-bond donors (Lipinski definition) is 2. The fraction of sp³-hybridized carbons (Fsp3) is 0.348. The van der Waals surface area contributed by atoms with E-state index in [1.165, 1.54) is 10.9 Å². The molecule has 0 aliphatic heterocycles. The normalized spacial score (nSPS) is 11.0. The molecule has 0 unspecified atom stereocenters. The van der Waals surface area contributed by atoms with E-state index in [4.69, 9.17) is 9.47 Å². The third kappa shape index (κ3) is 5.51. The Kier molecular flexibility index (Phi) is 7.14. The molecule has 154 valence electrons. The number of amides is 1. The Morgan fingerprint density at radius 1 is 1.17 bits per heavy atom. The standard InChI is InChI=1S/C23H29N3O3/c1-4-29-21-10-9-17(13-22(21)28-3)15-26(2)16-23(27)24-12-11-18-14-25-20-8-6-5-7-19(18)20/h5-10,13-14,25H,4,11-12,15-16H2,1-3H3,(H,24,27). The number of hydrogen-bond acceptors (Lipinski definition) is 4. The highest BCUT2D eigenvalue weighted by atomic mass is 16.5. The summed E-state index contributed by atoms with van der Waals surface area (Å²) in [6.07, 6.45) is 2.82. The number of para-hydroxylation sites is 1. The second-order valence-electron chi connectivity index (χ2n) is 7.05. The molecule has 6 heteroatoms. The van der Waals surface area contributed by atoms with Crippen molar-refractivity contribution in [2.24, 2.45) is 0 Å². The van der Waals surface area contributed by atoms with Gasteiger partial charge < -0.3 is 19.8 Å². The molecular formula is C23H29N3O3. The zero-order valence-electron chi connectivity index (χ0n) is 17.3. The van der Waals surface area contributed by atoms with E-state index in [0.717, 1.165) is 23.3 Å². The average molecular weight is 396 g/mol. The van der Waals surface area contributed by atoms with Gasteiger partial charge in [0.05, 0.1) is 20.3 Å². The molecule has 0 fully saturated rings. The van der Waals surface area contributed by atoms with Crippen LogP contribution in [0.1, 0.15) is 18.1 Å². The van der Waals surface area contributed by atoms with Gasteiger partial charge in [0.1, 0.15) is 0 Å².